The van der Waals surface area contributed by atoms with Gasteiger partial charge in [-0.05, 0) is 24.1 Å². The van der Waals surface area contributed by atoms with Gasteiger partial charge in [-0.1, -0.05) is 29.3 Å². The van der Waals surface area contributed by atoms with Crippen molar-refractivity contribution in [3.8, 4) is 0 Å². The molecular weight excluding hydrogens is 291 g/mol. The van der Waals surface area contributed by atoms with E-state index in [2.05, 4.69) is 5.32 Å². The van der Waals surface area contributed by atoms with Crippen LogP contribution >= 0.6 is 23.2 Å². The number of carboxylic acids is 1. The van der Waals surface area contributed by atoms with Crippen molar-refractivity contribution in [3.63, 3.8) is 0 Å². The fraction of sp³-hybridized carbons (Fsp3) is 0.333. The average molecular weight is 305 g/mol. The molecule has 2 N–H and O–H groups in total. The fourth-order valence-electron chi connectivity index (χ4n) is 1.44. The number of nitrogens with one attached hydrogen (secondary N) is 1. The summed E-state index contributed by atoms with van der Waals surface area (Å²) < 4.78 is 0. The lowest BCUT2D eigenvalue weighted by Gasteiger charge is -2.15. The predicted octanol–water partition coefficient (Wildman–Crippen LogP) is 2.26. The molecule has 1 aromatic rings. The number of aliphatic carboxylic acids is 1. The van der Waals surface area contributed by atoms with Gasteiger partial charge in [-0.2, -0.15) is 0 Å². The van der Waals surface area contributed by atoms with Crippen LogP contribution in [-0.2, 0) is 11.2 Å². The van der Waals surface area contributed by atoms with E-state index in [-0.39, 0.29) is 6.54 Å². The quantitative estimate of drug-likeness (QED) is 0.876. The summed E-state index contributed by atoms with van der Waals surface area (Å²) in [5.41, 5.74) is 0.868. The third-order valence-corrected chi connectivity index (χ3v) is 2.99. The molecule has 0 saturated carbocycles. The van der Waals surface area contributed by atoms with Crippen LogP contribution in [0.5, 0.6) is 0 Å². The minimum absolute atomic E-state index is 0.340. The van der Waals surface area contributed by atoms with E-state index in [0.29, 0.717) is 23.0 Å². The van der Waals surface area contributed by atoms with Gasteiger partial charge in [-0.3, -0.25) is 4.79 Å². The van der Waals surface area contributed by atoms with Crippen molar-refractivity contribution in [2.75, 3.05) is 20.1 Å². The molecule has 0 heterocycles. The normalized spacial score (nSPS) is 10.1. The predicted molar refractivity (Wildman–Crippen MR) is 73.8 cm³/mol. The number of amides is 2. The Morgan fingerprint density at radius 3 is 2.63 bits per heavy atom. The second-order valence-corrected chi connectivity index (χ2v) is 4.81. The van der Waals surface area contributed by atoms with Crippen molar-refractivity contribution in [2.45, 2.75) is 6.42 Å². The fourth-order valence-corrected chi connectivity index (χ4v) is 1.94. The third-order valence-electron chi connectivity index (χ3n) is 2.40. The van der Waals surface area contributed by atoms with Crippen molar-refractivity contribution in [1.29, 1.82) is 0 Å². The second kappa shape index (κ2) is 7.21. The molecule has 0 fully saturated rings. The van der Waals surface area contributed by atoms with Crippen molar-refractivity contribution in [2.24, 2.45) is 0 Å². The highest BCUT2D eigenvalue weighted by Gasteiger charge is 2.11. The lowest BCUT2D eigenvalue weighted by molar-refractivity contribution is -0.137. The first-order chi connectivity index (χ1) is 8.90. The van der Waals surface area contributed by atoms with E-state index in [1.165, 1.54) is 7.05 Å². The van der Waals surface area contributed by atoms with Crippen LogP contribution in [0.25, 0.3) is 0 Å². The number of carbonyl (C=O) groups excluding carboxylic acids is 1. The Kier molecular flexibility index (Phi) is 5.92. The van der Waals surface area contributed by atoms with E-state index in [4.69, 9.17) is 28.3 Å². The van der Waals surface area contributed by atoms with Gasteiger partial charge < -0.3 is 15.3 Å². The minimum atomic E-state index is -1.06. The van der Waals surface area contributed by atoms with Crippen LogP contribution in [0, 0.1) is 0 Å². The van der Waals surface area contributed by atoms with Crippen molar-refractivity contribution in [1.82, 2.24) is 10.2 Å². The van der Waals surface area contributed by atoms with Crippen LogP contribution in [0.3, 0.4) is 0 Å². The maximum atomic E-state index is 11.5. The maximum Gasteiger partial charge on any atom is 0.323 e. The SMILES string of the molecule is CN(CC(=O)O)C(=O)NCCc1ccc(Cl)cc1Cl. The molecule has 0 bridgehead atoms. The van der Waals surface area contributed by atoms with E-state index in [1.807, 2.05) is 0 Å². The van der Waals surface area contributed by atoms with E-state index in [0.717, 1.165) is 10.5 Å². The lowest BCUT2D eigenvalue weighted by atomic mass is 10.1. The van der Waals surface area contributed by atoms with E-state index >= 15 is 0 Å². The van der Waals surface area contributed by atoms with E-state index in [1.54, 1.807) is 18.2 Å². The standard InChI is InChI=1S/C12H14Cl2N2O3/c1-16(7-11(17)18)12(19)15-5-4-8-2-3-9(13)6-10(8)14/h2-3,6H,4-5,7H2,1H3,(H,15,19)(H,17,18). The van der Waals surface area contributed by atoms with Gasteiger partial charge >= 0.3 is 12.0 Å². The molecule has 0 aromatic heterocycles. The van der Waals surface area contributed by atoms with Crippen LogP contribution in [0.4, 0.5) is 4.79 Å². The summed E-state index contributed by atoms with van der Waals surface area (Å²) >= 11 is 11.8. The molecule has 0 unspecified atom stereocenters. The Bertz CT molecular complexity index is 480. The summed E-state index contributed by atoms with van der Waals surface area (Å²) in [5.74, 6) is -1.06. The monoisotopic (exact) mass is 304 g/mol. The molecule has 7 heteroatoms. The number of hydrogen-bond donors (Lipinski definition) is 2. The van der Waals surface area contributed by atoms with Gasteiger partial charge in [0.1, 0.15) is 6.54 Å². The first-order valence-electron chi connectivity index (χ1n) is 5.55. The Labute approximate surface area is 121 Å². The van der Waals surface area contributed by atoms with E-state index < -0.39 is 12.0 Å². The van der Waals surface area contributed by atoms with Gasteiger partial charge in [-0.25, -0.2) is 4.79 Å². The van der Waals surface area contributed by atoms with Crippen LogP contribution in [0.1, 0.15) is 5.56 Å². The lowest BCUT2D eigenvalue weighted by Crippen LogP contribution is -2.40. The van der Waals surface area contributed by atoms with Gasteiger partial charge in [0.15, 0.2) is 0 Å². The number of hydrogen-bond acceptors (Lipinski definition) is 2. The molecule has 19 heavy (non-hydrogen) atoms. The Morgan fingerprint density at radius 1 is 1.37 bits per heavy atom. The molecule has 0 saturated heterocycles. The topological polar surface area (TPSA) is 69.6 Å². The largest absolute Gasteiger partial charge is 0.480 e. The summed E-state index contributed by atoms with van der Waals surface area (Å²) in [6, 6.07) is 4.71. The molecule has 0 aliphatic rings. The zero-order valence-electron chi connectivity index (χ0n) is 10.3. The molecule has 5 nitrogen and oxygen atoms in total. The molecule has 1 rings (SSSR count). The number of likely N-dealkylation sites (N-methyl/N-ethyl adjacent to an activating group) is 1. The molecule has 0 atom stereocenters. The van der Waals surface area contributed by atoms with Crippen LogP contribution < -0.4 is 5.32 Å². The number of carbonyl (C=O) groups is 2. The Hall–Kier alpha value is -1.46. The highest BCUT2D eigenvalue weighted by atomic mass is 35.5. The van der Waals surface area contributed by atoms with Gasteiger partial charge in [0.25, 0.3) is 0 Å². The molecule has 0 spiro atoms. The van der Waals surface area contributed by atoms with Gasteiger partial charge in [-0.15, -0.1) is 0 Å². The van der Waals surface area contributed by atoms with Crippen LogP contribution in [-0.4, -0.2) is 42.1 Å². The highest BCUT2D eigenvalue weighted by Crippen LogP contribution is 2.20. The van der Waals surface area contributed by atoms with Crippen molar-refractivity contribution in [3.05, 3.63) is 33.8 Å². The smallest absolute Gasteiger partial charge is 0.323 e. The number of urea groups is 1. The number of carboxylic acid groups (broad SMARTS) is 1. The summed E-state index contributed by atoms with van der Waals surface area (Å²) in [4.78, 5) is 23.0. The average Bonchev–Trinajstić information content (AvgIpc) is 2.30. The zero-order valence-corrected chi connectivity index (χ0v) is 11.8. The molecule has 0 radical (unpaired) electrons. The summed E-state index contributed by atoms with van der Waals surface area (Å²) in [7, 11) is 1.42. The molecular formula is C12H14Cl2N2O3. The Balaban J connectivity index is 2.41. The molecule has 2 amide bonds. The first kappa shape index (κ1) is 15.6. The maximum absolute atomic E-state index is 11.5. The van der Waals surface area contributed by atoms with Crippen molar-refractivity contribution >= 4 is 35.2 Å². The number of benzene rings is 1. The number of nitrogens with zero attached hydrogens (tertiary/aromatic N) is 1. The first-order valence-corrected chi connectivity index (χ1v) is 6.30. The molecule has 0 aliphatic carbocycles. The molecule has 0 aliphatic heterocycles. The van der Waals surface area contributed by atoms with Crippen molar-refractivity contribution < 1.29 is 14.7 Å². The van der Waals surface area contributed by atoms with Gasteiger partial charge in [0.2, 0.25) is 0 Å². The van der Waals surface area contributed by atoms with Gasteiger partial charge in [0, 0.05) is 23.6 Å². The van der Waals surface area contributed by atoms with E-state index in [9.17, 15) is 9.59 Å². The van der Waals surface area contributed by atoms with Crippen LogP contribution in [0.2, 0.25) is 10.0 Å². The van der Waals surface area contributed by atoms with Gasteiger partial charge in [0.05, 0.1) is 0 Å². The number of rotatable bonds is 5. The molecule has 104 valence electrons. The Morgan fingerprint density at radius 2 is 2.05 bits per heavy atom. The summed E-state index contributed by atoms with van der Waals surface area (Å²) in [6.07, 6.45) is 0.544. The second-order valence-electron chi connectivity index (χ2n) is 3.97. The number of halogens is 2. The summed E-state index contributed by atoms with van der Waals surface area (Å²) in [6.45, 7) is 0.0255. The minimum Gasteiger partial charge on any atom is -0.480 e. The zero-order chi connectivity index (χ0) is 14.4. The third kappa shape index (κ3) is 5.36. The summed E-state index contributed by atoms with van der Waals surface area (Å²) in [5, 5.41) is 12.3. The van der Waals surface area contributed by atoms with Crippen LogP contribution in [0.15, 0.2) is 18.2 Å². The molecule has 1 aromatic carbocycles. The highest BCUT2D eigenvalue weighted by molar-refractivity contribution is 6.35.